The van der Waals surface area contributed by atoms with E-state index in [2.05, 4.69) is 13.8 Å². The summed E-state index contributed by atoms with van der Waals surface area (Å²) in [5, 5.41) is 10.5. The third kappa shape index (κ3) is 2.16. The smallest absolute Gasteiger partial charge is 0.133 e. The summed E-state index contributed by atoms with van der Waals surface area (Å²) in [4.78, 5) is 11.8. The van der Waals surface area contributed by atoms with Gasteiger partial charge in [0, 0.05) is 5.92 Å². The summed E-state index contributed by atoms with van der Waals surface area (Å²) in [6, 6.07) is 0. The van der Waals surface area contributed by atoms with Gasteiger partial charge in [0.05, 0.1) is 5.60 Å². The van der Waals surface area contributed by atoms with E-state index in [-0.39, 0.29) is 5.92 Å². The van der Waals surface area contributed by atoms with Crippen molar-refractivity contribution in [3.8, 4) is 0 Å². The predicted octanol–water partition coefficient (Wildman–Crippen LogP) is 3.03. The third-order valence-electron chi connectivity index (χ3n) is 5.37. The van der Waals surface area contributed by atoms with Crippen LogP contribution in [0.25, 0.3) is 0 Å². The molecule has 0 spiro atoms. The molecule has 0 heterocycles. The Labute approximate surface area is 105 Å². The number of carbonyl (C=O) groups is 1. The van der Waals surface area contributed by atoms with Crippen molar-refractivity contribution in [1.29, 1.82) is 0 Å². The Balaban J connectivity index is 2.28. The standard InChI is InChI=1S/C15H26O2/c1-9(2)11-7-8-15(4,17)13-6-5-12(10(3)16)14(11)13/h9,11-14,17H,5-8H2,1-4H3/t11-,12+,13+,14?,15-/m1/s1. The van der Waals surface area contributed by atoms with Crippen molar-refractivity contribution in [3.05, 3.63) is 0 Å². The second-order valence-electron chi connectivity index (χ2n) is 6.78. The molecule has 1 unspecified atom stereocenters. The van der Waals surface area contributed by atoms with Crippen LogP contribution in [-0.2, 0) is 4.79 Å². The van der Waals surface area contributed by atoms with Gasteiger partial charge >= 0.3 is 0 Å². The monoisotopic (exact) mass is 238 g/mol. The lowest BCUT2D eigenvalue weighted by molar-refractivity contribution is -0.127. The zero-order valence-electron chi connectivity index (χ0n) is 11.6. The summed E-state index contributed by atoms with van der Waals surface area (Å²) in [7, 11) is 0. The van der Waals surface area contributed by atoms with E-state index in [0.29, 0.717) is 29.5 Å². The first kappa shape index (κ1) is 13.1. The predicted molar refractivity (Wildman–Crippen MR) is 68.6 cm³/mol. The van der Waals surface area contributed by atoms with E-state index in [9.17, 15) is 9.90 Å². The van der Waals surface area contributed by atoms with Gasteiger partial charge in [-0.05, 0) is 63.2 Å². The Hall–Kier alpha value is -0.370. The minimum absolute atomic E-state index is 0.208. The van der Waals surface area contributed by atoms with Crippen LogP contribution in [0.4, 0.5) is 0 Å². The van der Waals surface area contributed by atoms with Gasteiger partial charge in [0.15, 0.2) is 0 Å². The van der Waals surface area contributed by atoms with Crippen LogP contribution in [0.1, 0.15) is 53.4 Å². The lowest BCUT2D eigenvalue weighted by Gasteiger charge is -2.46. The molecule has 0 aromatic rings. The fourth-order valence-corrected chi connectivity index (χ4v) is 4.44. The first-order valence-corrected chi connectivity index (χ1v) is 7.07. The van der Waals surface area contributed by atoms with Crippen LogP contribution in [0, 0.1) is 29.6 Å². The minimum atomic E-state index is -0.541. The van der Waals surface area contributed by atoms with Gasteiger partial charge in [-0.3, -0.25) is 4.79 Å². The fraction of sp³-hybridized carbons (Fsp3) is 0.933. The number of ketones is 1. The average Bonchev–Trinajstić information content (AvgIpc) is 2.62. The van der Waals surface area contributed by atoms with Crippen molar-refractivity contribution in [3.63, 3.8) is 0 Å². The van der Waals surface area contributed by atoms with Gasteiger partial charge in [0.2, 0.25) is 0 Å². The molecule has 2 nitrogen and oxygen atoms in total. The van der Waals surface area contributed by atoms with E-state index in [1.807, 2.05) is 6.92 Å². The van der Waals surface area contributed by atoms with Crippen LogP contribution in [0.2, 0.25) is 0 Å². The maximum atomic E-state index is 11.8. The summed E-state index contributed by atoms with van der Waals surface area (Å²) in [5.74, 6) is 2.56. The average molecular weight is 238 g/mol. The SMILES string of the molecule is CC(=O)[C@@H]1CC[C@H]2C1[C@@H](C(C)C)CC[C@@]2(C)O. The zero-order chi connectivity index (χ0) is 12.8. The van der Waals surface area contributed by atoms with Crippen molar-refractivity contribution in [1.82, 2.24) is 0 Å². The Morgan fingerprint density at radius 2 is 1.94 bits per heavy atom. The van der Waals surface area contributed by atoms with Gasteiger partial charge in [0.25, 0.3) is 0 Å². The van der Waals surface area contributed by atoms with Gasteiger partial charge in [-0.25, -0.2) is 0 Å². The second-order valence-corrected chi connectivity index (χ2v) is 6.78. The lowest BCUT2D eigenvalue weighted by Crippen LogP contribution is -2.47. The maximum Gasteiger partial charge on any atom is 0.133 e. The molecule has 2 rings (SSSR count). The molecule has 0 saturated heterocycles. The highest BCUT2D eigenvalue weighted by Crippen LogP contribution is 2.54. The molecule has 2 saturated carbocycles. The molecule has 2 heteroatoms. The van der Waals surface area contributed by atoms with E-state index >= 15 is 0 Å². The molecular weight excluding hydrogens is 212 g/mol. The van der Waals surface area contributed by atoms with Crippen LogP contribution >= 0.6 is 0 Å². The number of rotatable bonds is 2. The summed E-state index contributed by atoms with van der Waals surface area (Å²) in [5.41, 5.74) is -0.541. The summed E-state index contributed by atoms with van der Waals surface area (Å²) >= 11 is 0. The highest BCUT2D eigenvalue weighted by atomic mass is 16.3. The number of fused-ring (bicyclic) bond motifs is 1. The van der Waals surface area contributed by atoms with E-state index in [0.717, 1.165) is 25.7 Å². The molecule has 0 aromatic carbocycles. The molecular formula is C15H26O2. The Bertz CT molecular complexity index is 306. The van der Waals surface area contributed by atoms with Crippen LogP contribution < -0.4 is 0 Å². The first-order chi connectivity index (χ1) is 7.84. The van der Waals surface area contributed by atoms with E-state index in [4.69, 9.17) is 0 Å². The van der Waals surface area contributed by atoms with Crippen molar-refractivity contribution in [2.75, 3.05) is 0 Å². The van der Waals surface area contributed by atoms with Crippen molar-refractivity contribution < 1.29 is 9.90 Å². The Morgan fingerprint density at radius 3 is 2.47 bits per heavy atom. The molecule has 0 aliphatic heterocycles. The molecule has 98 valence electrons. The van der Waals surface area contributed by atoms with Crippen molar-refractivity contribution in [2.45, 2.75) is 59.0 Å². The number of Topliss-reactive ketones (excluding diaryl/α,β-unsaturated/α-hetero) is 1. The first-order valence-electron chi connectivity index (χ1n) is 7.07. The number of hydrogen-bond donors (Lipinski definition) is 1. The number of carbonyl (C=O) groups excluding carboxylic acids is 1. The van der Waals surface area contributed by atoms with E-state index in [1.165, 1.54) is 0 Å². The normalized spacial score (nSPS) is 46.0. The van der Waals surface area contributed by atoms with Crippen molar-refractivity contribution >= 4 is 5.78 Å². The van der Waals surface area contributed by atoms with Crippen molar-refractivity contribution in [2.24, 2.45) is 29.6 Å². The van der Waals surface area contributed by atoms with Gasteiger partial charge < -0.3 is 5.11 Å². The molecule has 2 aliphatic rings. The lowest BCUT2D eigenvalue weighted by atomic mass is 9.61. The van der Waals surface area contributed by atoms with Crippen LogP contribution in [0.5, 0.6) is 0 Å². The topological polar surface area (TPSA) is 37.3 Å². The molecule has 17 heavy (non-hydrogen) atoms. The summed E-state index contributed by atoms with van der Waals surface area (Å²) in [6.07, 6.45) is 4.01. The molecule has 0 amide bonds. The van der Waals surface area contributed by atoms with Crippen LogP contribution in [-0.4, -0.2) is 16.5 Å². The molecule has 5 atom stereocenters. The summed E-state index contributed by atoms with van der Waals surface area (Å²) in [6.45, 7) is 8.23. The molecule has 0 aromatic heterocycles. The number of hydrogen-bond acceptors (Lipinski definition) is 2. The molecule has 1 N–H and O–H groups in total. The van der Waals surface area contributed by atoms with Gasteiger partial charge in [-0.2, -0.15) is 0 Å². The second kappa shape index (κ2) is 4.38. The van der Waals surface area contributed by atoms with Gasteiger partial charge in [-0.15, -0.1) is 0 Å². The van der Waals surface area contributed by atoms with E-state index in [1.54, 1.807) is 6.92 Å². The summed E-state index contributed by atoms with van der Waals surface area (Å²) < 4.78 is 0. The highest BCUT2D eigenvalue weighted by molar-refractivity contribution is 5.79. The zero-order valence-corrected chi connectivity index (χ0v) is 11.6. The highest BCUT2D eigenvalue weighted by Gasteiger charge is 2.53. The molecule has 2 fully saturated rings. The Kier molecular flexibility index (Phi) is 3.37. The van der Waals surface area contributed by atoms with Crippen LogP contribution in [0.3, 0.4) is 0 Å². The third-order valence-corrected chi connectivity index (χ3v) is 5.37. The quantitative estimate of drug-likeness (QED) is 0.803. The molecule has 0 bridgehead atoms. The Morgan fingerprint density at radius 1 is 1.29 bits per heavy atom. The molecule has 2 aliphatic carbocycles. The number of aliphatic hydroxyl groups is 1. The maximum absolute atomic E-state index is 11.8. The van der Waals surface area contributed by atoms with Gasteiger partial charge in [-0.1, -0.05) is 13.8 Å². The largest absolute Gasteiger partial charge is 0.390 e. The van der Waals surface area contributed by atoms with Crippen LogP contribution in [0.15, 0.2) is 0 Å². The minimum Gasteiger partial charge on any atom is -0.390 e. The van der Waals surface area contributed by atoms with E-state index < -0.39 is 5.60 Å². The van der Waals surface area contributed by atoms with Gasteiger partial charge in [0.1, 0.15) is 5.78 Å². The fourth-order valence-electron chi connectivity index (χ4n) is 4.44. The molecule has 0 radical (unpaired) electrons.